The summed E-state index contributed by atoms with van der Waals surface area (Å²) < 4.78 is 0.840. The molecule has 1 amide bonds. The Morgan fingerprint density at radius 3 is 2.38 bits per heavy atom. The molecule has 0 aliphatic rings. The molecule has 0 atom stereocenters. The first-order valence-electron chi connectivity index (χ1n) is 5.97. The van der Waals surface area contributed by atoms with Gasteiger partial charge in [-0.15, -0.1) is 11.3 Å². The number of benzene rings is 1. The number of rotatable bonds is 4. The second-order valence-corrected chi connectivity index (χ2v) is 6.74. The van der Waals surface area contributed by atoms with Crippen LogP contribution in [0.4, 0.5) is 5.69 Å². The van der Waals surface area contributed by atoms with Gasteiger partial charge in [0, 0.05) is 5.69 Å². The Kier molecular flexibility index (Phi) is 4.64. The molecule has 0 bridgehead atoms. The fraction of sp³-hybridized carbons (Fsp3) is 0.143. The number of aryl methyl sites for hydroxylation is 1. The zero-order valence-electron chi connectivity index (χ0n) is 11.0. The number of phenols is 1. The van der Waals surface area contributed by atoms with Gasteiger partial charge in [0.05, 0.1) is 8.66 Å². The molecule has 110 valence electrons. The van der Waals surface area contributed by atoms with Crippen LogP contribution < -0.4 is 4.90 Å². The third kappa shape index (κ3) is 3.62. The summed E-state index contributed by atoms with van der Waals surface area (Å²) in [6, 6.07) is 7.55. The van der Waals surface area contributed by atoms with Crippen LogP contribution in [-0.2, 0) is 4.79 Å². The minimum Gasteiger partial charge on any atom is -0.508 e. The molecular formula is C14H12BrNO4S. The molecule has 0 saturated heterocycles. The van der Waals surface area contributed by atoms with E-state index in [4.69, 9.17) is 5.11 Å². The van der Waals surface area contributed by atoms with Crippen molar-refractivity contribution in [3.63, 3.8) is 0 Å². The number of nitrogens with zero attached hydrogens (tertiary/aromatic N) is 1. The van der Waals surface area contributed by atoms with Crippen molar-refractivity contribution in [2.24, 2.45) is 0 Å². The van der Waals surface area contributed by atoms with Gasteiger partial charge in [0.15, 0.2) is 0 Å². The molecule has 0 fully saturated rings. The van der Waals surface area contributed by atoms with E-state index in [1.165, 1.54) is 40.5 Å². The lowest BCUT2D eigenvalue weighted by molar-refractivity contribution is -0.135. The van der Waals surface area contributed by atoms with Crippen molar-refractivity contribution in [3.05, 3.63) is 44.6 Å². The normalized spacial score (nSPS) is 10.4. The van der Waals surface area contributed by atoms with Crippen LogP contribution >= 0.6 is 27.3 Å². The first-order chi connectivity index (χ1) is 9.88. The fourth-order valence-corrected chi connectivity index (χ4v) is 3.23. The molecule has 21 heavy (non-hydrogen) atoms. The highest BCUT2D eigenvalue weighted by Gasteiger charge is 2.22. The van der Waals surface area contributed by atoms with Gasteiger partial charge < -0.3 is 10.2 Å². The molecule has 0 saturated carbocycles. The average molecular weight is 370 g/mol. The van der Waals surface area contributed by atoms with Crippen LogP contribution in [0, 0.1) is 6.92 Å². The van der Waals surface area contributed by atoms with Gasteiger partial charge in [0.2, 0.25) is 0 Å². The van der Waals surface area contributed by atoms with Crippen molar-refractivity contribution in [3.8, 4) is 5.75 Å². The number of hydrogen-bond acceptors (Lipinski definition) is 4. The van der Waals surface area contributed by atoms with E-state index in [1.807, 2.05) is 6.92 Å². The number of thiophene rings is 1. The lowest BCUT2D eigenvalue weighted by Gasteiger charge is -2.20. The fourth-order valence-electron chi connectivity index (χ4n) is 1.75. The zero-order chi connectivity index (χ0) is 15.6. The zero-order valence-corrected chi connectivity index (χ0v) is 13.4. The molecule has 0 aliphatic heterocycles. The van der Waals surface area contributed by atoms with Crippen molar-refractivity contribution in [2.75, 3.05) is 11.4 Å². The molecule has 5 nitrogen and oxygen atoms in total. The highest BCUT2D eigenvalue weighted by atomic mass is 79.9. The number of carbonyl (C=O) groups excluding carboxylic acids is 1. The molecule has 0 unspecified atom stereocenters. The predicted molar refractivity (Wildman–Crippen MR) is 84.2 cm³/mol. The summed E-state index contributed by atoms with van der Waals surface area (Å²) in [5, 5.41) is 18.3. The van der Waals surface area contributed by atoms with Gasteiger partial charge >= 0.3 is 5.97 Å². The summed E-state index contributed by atoms with van der Waals surface area (Å²) in [6.45, 7) is 1.41. The second-order valence-electron chi connectivity index (χ2n) is 4.37. The van der Waals surface area contributed by atoms with E-state index in [1.54, 1.807) is 6.07 Å². The number of carbonyl (C=O) groups is 2. The maximum absolute atomic E-state index is 12.5. The van der Waals surface area contributed by atoms with Gasteiger partial charge in [-0.25, -0.2) is 0 Å². The van der Waals surface area contributed by atoms with E-state index in [2.05, 4.69) is 15.9 Å². The molecular weight excluding hydrogens is 358 g/mol. The summed E-state index contributed by atoms with van der Waals surface area (Å²) in [5.74, 6) is -1.44. The highest BCUT2D eigenvalue weighted by Crippen LogP contribution is 2.29. The Morgan fingerprint density at radius 1 is 1.29 bits per heavy atom. The number of aliphatic carboxylic acids is 1. The van der Waals surface area contributed by atoms with Crippen LogP contribution in [-0.4, -0.2) is 28.6 Å². The van der Waals surface area contributed by atoms with Gasteiger partial charge in [-0.3, -0.25) is 14.5 Å². The topological polar surface area (TPSA) is 77.8 Å². The van der Waals surface area contributed by atoms with Crippen molar-refractivity contribution in [2.45, 2.75) is 6.92 Å². The summed E-state index contributed by atoms with van der Waals surface area (Å²) in [7, 11) is 0. The molecule has 0 spiro atoms. The number of halogens is 1. The molecule has 0 aliphatic carbocycles. The van der Waals surface area contributed by atoms with E-state index in [-0.39, 0.29) is 11.7 Å². The van der Waals surface area contributed by atoms with E-state index in [0.29, 0.717) is 10.6 Å². The average Bonchev–Trinajstić information content (AvgIpc) is 2.76. The maximum Gasteiger partial charge on any atom is 0.323 e. The number of amides is 1. The Hall–Kier alpha value is -1.86. The van der Waals surface area contributed by atoms with E-state index < -0.39 is 12.5 Å². The minimum absolute atomic E-state index is 0.0520. The van der Waals surface area contributed by atoms with Crippen molar-refractivity contribution < 1.29 is 19.8 Å². The minimum atomic E-state index is -1.11. The Labute approximate surface area is 133 Å². The Morgan fingerprint density at radius 2 is 1.90 bits per heavy atom. The van der Waals surface area contributed by atoms with Gasteiger partial charge in [0.1, 0.15) is 12.3 Å². The lowest BCUT2D eigenvalue weighted by atomic mass is 10.2. The molecule has 2 rings (SSSR count). The van der Waals surface area contributed by atoms with Gasteiger partial charge in [-0.05, 0) is 58.7 Å². The third-order valence-electron chi connectivity index (χ3n) is 2.77. The largest absolute Gasteiger partial charge is 0.508 e. The molecule has 1 aromatic heterocycles. The molecule has 2 aromatic rings. The Bertz CT molecular complexity index is 661. The maximum atomic E-state index is 12.5. The molecule has 1 heterocycles. The molecule has 2 N–H and O–H groups in total. The quantitative estimate of drug-likeness (QED) is 0.866. The van der Waals surface area contributed by atoms with E-state index in [0.717, 1.165) is 9.35 Å². The number of carboxylic acid groups (broad SMARTS) is 1. The third-order valence-corrected chi connectivity index (χ3v) is 4.89. The monoisotopic (exact) mass is 369 g/mol. The number of carboxylic acids is 1. The molecule has 7 heteroatoms. The van der Waals surface area contributed by atoms with E-state index >= 15 is 0 Å². The van der Waals surface area contributed by atoms with Gasteiger partial charge in [-0.2, -0.15) is 0 Å². The number of phenolic OH excluding ortho intramolecular Hbond substituents is 1. The predicted octanol–water partition coefficient (Wildman–Crippen LogP) is 3.26. The van der Waals surface area contributed by atoms with Crippen molar-refractivity contribution >= 4 is 44.8 Å². The van der Waals surface area contributed by atoms with Crippen LogP contribution in [0.1, 0.15) is 15.2 Å². The van der Waals surface area contributed by atoms with Crippen LogP contribution in [0.3, 0.4) is 0 Å². The standard InChI is InChI=1S/C14H12BrNO4S/c1-8-6-11(21-13(8)15)14(20)16(7-12(18)19)9-2-4-10(17)5-3-9/h2-6,17H,7H2,1H3,(H,18,19). The SMILES string of the molecule is Cc1cc(C(=O)N(CC(=O)O)c2ccc(O)cc2)sc1Br. The van der Waals surface area contributed by atoms with Crippen molar-refractivity contribution in [1.29, 1.82) is 0 Å². The first-order valence-corrected chi connectivity index (χ1v) is 7.58. The molecule has 1 aromatic carbocycles. The summed E-state index contributed by atoms with van der Waals surface area (Å²) in [5.41, 5.74) is 1.34. The van der Waals surface area contributed by atoms with Crippen molar-refractivity contribution in [1.82, 2.24) is 0 Å². The summed E-state index contributed by atoms with van der Waals surface area (Å²) >= 11 is 4.61. The number of anilines is 1. The Balaban J connectivity index is 2.37. The highest BCUT2D eigenvalue weighted by molar-refractivity contribution is 9.11. The summed E-state index contributed by atoms with van der Waals surface area (Å²) in [6.07, 6.45) is 0. The van der Waals surface area contributed by atoms with E-state index in [9.17, 15) is 14.7 Å². The van der Waals surface area contributed by atoms with Gasteiger partial charge in [-0.1, -0.05) is 0 Å². The summed E-state index contributed by atoms with van der Waals surface area (Å²) in [4.78, 5) is 25.1. The number of hydrogen-bond donors (Lipinski definition) is 2. The number of aromatic hydroxyl groups is 1. The lowest BCUT2D eigenvalue weighted by Crippen LogP contribution is -2.35. The van der Waals surface area contributed by atoms with Crippen LogP contribution in [0.2, 0.25) is 0 Å². The first kappa shape index (κ1) is 15.5. The second kappa shape index (κ2) is 6.28. The smallest absolute Gasteiger partial charge is 0.323 e. The van der Waals surface area contributed by atoms with Crippen LogP contribution in [0.5, 0.6) is 5.75 Å². The van der Waals surface area contributed by atoms with Crippen LogP contribution in [0.15, 0.2) is 34.1 Å². The van der Waals surface area contributed by atoms with Crippen LogP contribution in [0.25, 0.3) is 0 Å². The van der Waals surface area contributed by atoms with Gasteiger partial charge in [0.25, 0.3) is 5.91 Å². The molecule has 0 radical (unpaired) electrons.